The molecule has 1 aliphatic rings. The standard InChI is InChI=1S/C24H25F3N2O4S2/c1-2-32-19-5-3-17(4-6-19)15-18-16-34-23(28-18)29-13-11-22(12-14-29)35(30,31)21-9-7-20(8-10-21)33-24(25,26)27/h3-10,16,22H,2,11-15H2,1H3. The molecule has 0 N–H and O–H groups in total. The van der Waals surface area contributed by atoms with E-state index >= 15 is 0 Å². The summed E-state index contributed by atoms with van der Waals surface area (Å²) in [5, 5.41) is 2.27. The van der Waals surface area contributed by atoms with Crippen molar-refractivity contribution in [2.45, 2.75) is 42.7 Å². The lowest BCUT2D eigenvalue weighted by Gasteiger charge is -2.31. The van der Waals surface area contributed by atoms with Crippen molar-refractivity contribution in [3.63, 3.8) is 0 Å². The molecule has 0 bridgehead atoms. The molecule has 1 saturated heterocycles. The minimum Gasteiger partial charge on any atom is -0.494 e. The van der Waals surface area contributed by atoms with Crippen molar-refractivity contribution < 1.29 is 31.1 Å². The van der Waals surface area contributed by atoms with Crippen LogP contribution >= 0.6 is 11.3 Å². The quantitative estimate of drug-likeness (QED) is 0.388. The molecule has 2 aromatic carbocycles. The van der Waals surface area contributed by atoms with Crippen LogP contribution in [-0.2, 0) is 16.3 Å². The number of piperidine rings is 1. The normalized spacial score (nSPS) is 15.3. The van der Waals surface area contributed by atoms with Gasteiger partial charge in [0.1, 0.15) is 11.5 Å². The molecule has 3 aromatic rings. The van der Waals surface area contributed by atoms with Gasteiger partial charge in [-0.25, -0.2) is 13.4 Å². The lowest BCUT2D eigenvalue weighted by molar-refractivity contribution is -0.274. The van der Waals surface area contributed by atoms with Crippen LogP contribution in [0.1, 0.15) is 31.0 Å². The molecule has 6 nitrogen and oxygen atoms in total. The first-order valence-corrected chi connectivity index (χ1v) is 13.6. The van der Waals surface area contributed by atoms with Crippen molar-refractivity contribution in [1.82, 2.24) is 4.98 Å². The number of sulfone groups is 1. The van der Waals surface area contributed by atoms with E-state index in [4.69, 9.17) is 9.72 Å². The van der Waals surface area contributed by atoms with Gasteiger partial charge < -0.3 is 14.4 Å². The van der Waals surface area contributed by atoms with E-state index in [1.807, 2.05) is 36.6 Å². The van der Waals surface area contributed by atoms with Crippen molar-refractivity contribution in [1.29, 1.82) is 0 Å². The smallest absolute Gasteiger partial charge is 0.494 e. The zero-order valence-corrected chi connectivity index (χ0v) is 20.6. The first-order valence-electron chi connectivity index (χ1n) is 11.1. The number of hydrogen-bond acceptors (Lipinski definition) is 7. The lowest BCUT2D eigenvalue weighted by atomic mass is 10.1. The Morgan fingerprint density at radius 2 is 1.66 bits per heavy atom. The molecule has 1 aliphatic heterocycles. The first-order chi connectivity index (χ1) is 16.6. The number of rotatable bonds is 8. The Labute approximate surface area is 206 Å². The van der Waals surface area contributed by atoms with Gasteiger partial charge >= 0.3 is 6.36 Å². The first kappa shape index (κ1) is 25.3. The van der Waals surface area contributed by atoms with E-state index in [1.54, 1.807) is 0 Å². The molecule has 0 atom stereocenters. The highest BCUT2D eigenvalue weighted by Crippen LogP contribution is 2.31. The van der Waals surface area contributed by atoms with E-state index < -0.39 is 27.2 Å². The van der Waals surface area contributed by atoms with Crippen molar-refractivity contribution in [3.8, 4) is 11.5 Å². The Morgan fingerprint density at radius 3 is 2.26 bits per heavy atom. The van der Waals surface area contributed by atoms with E-state index in [1.165, 1.54) is 11.3 Å². The Hall–Kier alpha value is -2.79. The minimum atomic E-state index is -4.82. The molecule has 4 rings (SSSR count). The number of nitrogens with zero attached hydrogens (tertiary/aromatic N) is 2. The second-order valence-corrected chi connectivity index (χ2v) is 11.2. The van der Waals surface area contributed by atoms with E-state index in [-0.39, 0.29) is 4.90 Å². The largest absolute Gasteiger partial charge is 0.573 e. The van der Waals surface area contributed by atoms with Gasteiger partial charge in [-0.3, -0.25) is 0 Å². The van der Waals surface area contributed by atoms with Gasteiger partial charge in [-0.2, -0.15) is 0 Å². The molecule has 0 aliphatic carbocycles. The highest BCUT2D eigenvalue weighted by atomic mass is 32.2. The Bertz CT molecular complexity index is 1220. The third kappa shape index (κ3) is 6.46. The summed E-state index contributed by atoms with van der Waals surface area (Å²) in [7, 11) is -3.66. The second-order valence-electron chi connectivity index (χ2n) is 8.13. The van der Waals surface area contributed by atoms with Gasteiger partial charge in [-0.15, -0.1) is 24.5 Å². The van der Waals surface area contributed by atoms with Crippen LogP contribution in [0, 0.1) is 0 Å². The SMILES string of the molecule is CCOc1ccc(Cc2csc(N3CCC(S(=O)(=O)c4ccc(OC(F)(F)F)cc4)CC3)n2)cc1. The molecule has 35 heavy (non-hydrogen) atoms. The van der Waals surface area contributed by atoms with E-state index in [0.29, 0.717) is 39.0 Å². The number of benzene rings is 2. The van der Waals surface area contributed by atoms with Crippen LogP contribution in [0.3, 0.4) is 0 Å². The van der Waals surface area contributed by atoms with Crippen LogP contribution in [0.25, 0.3) is 0 Å². The maximum Gasteiger partial charge on any atom is 0.573 e. The fourth-order valence-corrected chi connectivity index (χ4v) is 6.59. The van der Waals surface area contributed by atoms with Gasteiger partial charge in [-0.05, 0) is 61.7 Å². The van der Waals surface area contributed by atoms with Crippen molar-refractivity contribution >= 4 is 26.3 Å². The van der Waals surface area contributed by atoms with Crippen LogP contribution in [0.2, 0.25) is 0 Å². The summed E-state index contributed by atoms with van der Waals surface area (Å²) in [4.78, 5) is 6.81. The summed E-state index contributed by atoms with van der Waals surface area (Å²) in [6.45, 7) is 3.64. The molecule has 0 spiro atoms. The van der Waals surface area contributed by atoms with Gasteiger partial charge in [0.2, 0.25) is 0 Å². The Balaban J connectivity index is 1.34. The highest BCUT2D eigenvalue weighted by molar-refractivity contribution is 7.92. The fourth-order valence-electron chi connectivity index (χ4n) is 3.98. The third-order valence-corrected chi connectivity index (χ3v) is 8.92. The number of anilines is 1. The molecular weight excluding hydrogens is 501 g/mol. The summed E-state index contributed by atoms with van der Waals surface area (Å²) >= 11 is 1.53. The lowest BCUT2D eigenvalue weighted by Crippen LogP contribution is -2.39. The molecule has 0 unspecified atom stereocenters. The van der Waals surface area contributed by atoms with Gasteiger partial charge in [0, 0.05) is 24.9 Å². The Morgan fingerprint density at radius 1 is 1.03 bits per heavy atom. The third-order valence-electron chi connectivity index (χ3n) is 5.70. The van der Waals surface area contributed by atoms with Crippen LogP contribution in [0.5, 0.6) is 11.5 Å². The summed E-state index contributed by atoms with van der Waals surface area (Å²) in [6.07, 6.45) is -3.30. The summed E-state index contributed by atoms with van der Waals surface area (Å²) in [5.41, 5.74) is 2.08. The maximum atomic E-state index is 13.0. The van der Waals surface area contributed by atoms with Crippen molar-refractivity contribution in [3.05, 3.63) is 65.2 Å². The average molecular weight is 527 g/mol. The van der Waals surface area contributed by atoms with Crippen LogP contribution in [0.15, 0.2) is 58.8 Å². The summed E-state index contributed by atoms with van der Waals surface area (Å²) in [5.74, 6) is 0.384. The topological polar surface area (TPSA) is 68.7 Å². The molecular formula is C24H25F3N2O4S2. The molecule has 0 saturated carbocycles. The number of thiazole rings is 1. The highest BCUT2D eigenvalue weighted by Gasteiger charge is 2.33. The monoisotopic (exact) mass is 526 g/mol. The van der Waals surface area contributed by atoms with E-state index in [9.17, 15) is 21.6 Å². The Kier molecular flexibility index (Phi) is 7.56. The molecule has 1 fully saturated rings. The van der Waals surface area contributed by atoms with Crippen molar-refractivity contribution in [2.75, 3.05) is 24.6 Å². The number of alkyl halides is 3. The molecule has 11 heteroatoms. The molecule has 2 heterocycles. The molecule has 1 aromatic heterocycles. The number of hydrogen-bond donors (Lipinski definition) is 0. The average Bonchev–Trinajstić information content (AvgIpc) is 3.28. The van der Waals surface area contributed by atoms with Crippen LogP contribution < -0.4 is 14.4 Å². The van der Waals surface area contributed by atoms with Crippen LogP contribution in [-0.4, -0.2) is 44.7 Å². The number of halogens is 3. The van der Waals surface area contributed by atoms with Gasteiger partial charge in [-0.1, -0.05) is 12.1 Å². The predicted molar refractivity (Wildman–Crippen MR) is 128 cm³/mol. The fraction of sp³-hybridized carbons (Fsp3) is 0.375. The van der Waals surface area contributed by atoms with Gasteiger partial charge in [0.05, 0.1) is 22.4 Å². The summed E-state index contributed by atoms with van der Waals surface area (Å²) < 4.78 is 72.3. The number of aromatic nitrogens is 1. The van der Waals surface area contributed by atoms with Gasteiger partial charge in [0.15, 0.2) is 15.0 Å². The zero-order valence-electron chi connectivity index (χ0n) is 19.0. The predicted octanol–water partition coefficient (Wildman–Crippen LogP) is 5.47. The van der Waals surface area contributed by atoms with E-state index in [0.717, 1.165) is 46.4 Å². The van der Waals surface area contributed by atoms with E-state index in [2.05, 4.69) is 9.64 Å². The number of ether oxygens (including phenoxy) is 2. The van der Waals surface area contributed by atoms with Gasteiger partial charge in [0.25, 0.3) is 0 Å². The van der Waals surface area contributed by atoms with Crippen LogP contribution in [0.4, 0.5) is 18.3 Å². The molecule has 188 valence electrons. The molecule has 0 radical (unpaired) electrons. The minimum absolute atomic E-state index is 0.00244. The molecule has 0 amide bonds. The zero-order chi connectivity index (χ0) is 25.1. The maximum absolute atomic E-state index is 13.0. The summed E-state index contributed by atoms with van der Waals surface area (Å²) in [6, 6.07) is 12.3. The second kappa shape index (κ2) is 10.4. The van der Waals surface area contributed by atoms with Crippen molar-refractivity contribution in [2.24, 2.45) is 0 Å².